The zero-order chi connectivity index (χ0) is 40.6. The summed E-state index contributed by atoms with van der Waals surface area (Å²) in [7, 11) is 0. The fourth-order valence-electron chi connectivity index (χ4n) is 5.26. The number of halogens is 20. The van der Waals surface area contributed by atoms with Crippen molar-refractivity contribution in [1.29, 1.82) is 0 Å². The first-order valence-electron chi connectivity index (χ1n) is 13.1. The molecule has 4 aromatic carbocycles. The molecule has 1 unspecified atom stereocenters. The quantitative estimate of drug-likeness (QED) is 0.0677. The number of aliphatic hydroxyl groups is 3. The van der Waals surface area contributed by atoms with Gasteiger partial charge in [0.05, 0.1) is 55.7 Å². The van der Waals surface area contributed by atoms with E-state index in [2.05, 4.69) is 0 Å². The molecule has 0 spiro atoms. The molecule has 4 nitrogen and oxygen atoms in total. The summed E-state index contributed by atoms with van der Waals surface area (Å²) in [6, 6.07) is 0. The van der Waals surface area contributed by atoms with Gasteiger partial charge >= 0.3 is 0 Å². The molecular weight excluding hydrogens is 1220 g/mol. The van der Waals surface area contributed by atoms with Crippen LogP contribution < -0.4 is 4.74 Å². The molecule has 0 aliphatic carbocycles. The van der Waals surface area contributed by atoms with Gasteiger partial charge in [-0.25, -0.2) is 61.5 Å². The predicted octanol–water partition coefficient (Wildman–Crippen LogP) is 9.36. The Labute approximate surface area is 338 Å². The maximum atomic E-state index is 16.2. The molecule has 53 heavy (non-hydrogen) atoms. The van der Waals surface area contributed by atoms with E-state index in [0.29, 0.717) is 90.4 Å². The summed E-state index contributed by atoms with van der Waals surface area (Å²) in [4.78, 5) is 0. The van der Waals surface area contributed by atoms with Gasteiger partial charge in [0.15, 0.2) is 92.8 Å². The average molecular weight is 1230 g/mol. The van der Waals surface area contributed by atoms with E-state index in [1.165, 1.54) is 0 Å². The van der Waals surface area contributed by atoms with Crippen molar-refractivity contribution in [3.05, 3.63) is 124 Å². The molecule has 0 fully saturated rings. The van der Waals surface area contributed by atoms with Crippen molar-refractivity contribution in [2.24, 2.45) is 5.41 Å². The van der Waals surface area contributed by atoms with Crippen molar-refractivity contribution in [1.82, 2.24) is 0 Å². The third kappa shape index (κ3) is 6.33. The lowest BCUT2D eigenvalue weighted by Crippen LogP contribution is -2.60. The van der Waals surface area contributed by atoms with Crippen LogP contribution >= 0.6 is 90.4 Å². The number of ether oxygens (including phenoxy) is 1. The molecule has 24 heteroatoms. The predicted molar refractivity (Wildman–Crippen MR) is 179 cm³/mol. The van der Waals surface area contributed by atoms with Gasteiger partial charge in [0, 0.05) is 0 Å². The molecule has 288 valence electrons. The van der Waals surface area contributed by atoms with Gasteiger partial charge in [-0.15, -0.1) is 0 Å². The van der Waals surface area contributed by atoms with Gasteiger partial charge in [0.1, 0.15) is 0 Å². The highest BCUT2D eigenvalue weighted by molar-refractivity contribution is 14.1. The summed E-state index contributed by atoms with van der Waals surface area (Å²) in [6.45, 7) is -5.45. The Morgan fingerprint density at radius 3 is 0.925 bits per heavy atom. The van der Waals surface area contributed by atoms with Crippen LogP contribution in [0, 0.1) is 113 Å². The van der Waals surface area contributed by atoms with Crippen LogP contribution in [-0.4, -0.2) is 28.5 Å². The van der Waals surface area contributed by atoms with Crippen LogP contribution in [0.1, 0.15) is 22.8 Å². The Hall–Kier alpha value is -1.64. The number of aliphatic hydroxyl groups excluding tert-OH is 3. The highest BCUT2D eigenvalue weighted by atomic mass is 127. The maximum absolute atomic E-state index is 16.2. The second-order valence-corrected chi connectivity index (χ2v) is 14.7. The van der Waals surface area contributed by atoms with Gasteiger partial charge in [-0.3, -0.25) is 0 Å². The number of hydrogen-bond donors (Lipinski definition) is 3. The third-order valence-electron chi connectivity index (χ3n) is 7.85. The maximum Gasteiger partial charge on any atom is 0.205 e. The van der Waals surface area contributed by atoms with Gasteiger partial charge in [-0.1, -0.05) is 0 Å². The highest BCUT2D eigenvalue weighted by Crippen LogP contribution is 2.59. The lowest BCUT2D eigenvalue weighted by Gasteiger charge is -2.51. The largest absolute Gasteiger partial charge is 0.470 e. The Morgan fingerprint density at radius 2 is 0.660 bits per heavy atom. The molecule has 3 N–H and O–H groups in total. The minimum atomic E-state index is -5.45. The van der Waals surface area contributed by atoms with E-state index in [9.17, 15) is 32.9 Å². The van der Waals surface area contributed by atoms with Crippen LogP contribution in [0.3, 0.4) is 0 Å². The second-order valence-electron chi connectivity index (χ2n) is 10.4. The standard InChI is InChI=1S/C29H8F16I4O4/c30-6-3(7(31)13(37)22(46)12(6)36)27(52)28(1-50,2-51)29(4-8(32)14(38)23(47)15(39)9(4)33,5-10(34)16(40)24(48)17(41)11(5)35)53-26-20(44)18(42)25(49)19(43)21(26)45/h27,50-52H,1-2H2. The molecule has 0 aliphatic heterocycles. The first kappa shape index (κ1) is 44.1. The Balaban J connectivity index is 2.54. The van der Waals surface area contributed by atoms with Crippen molar-refractivity contribution in [3.63, 3.8) is 0 Å². The van der Waals surface area contributed by atoms with Crippen molar-refractivity contribution in [2.45, 2.75) is 11.7 Å². The van der Waals surface area contributed by atoms with Gasteiger partial charge < -0.3 is 20.1 Å². The van der Waals surface area contributed by atoms with Crippen molar-refractivity contribution < 1.29 is 90.3 Å². The summed E-state index contributed by atoms with van der Waals surface area (Å²) in [5.74, 6) is -47.5. The van der Waals surface area contributed by atoms with Crippen LogP contribution in [0.15, 0.2) is 0 Å². The van der Waals surface area contributed by atoms with Crippen LogP contribution in [0.4, 0.5) is 70.2 Å². The summed E-state index contributed by atoms with van der Waals surface area (Å²) in [5, 5.41) is 32.9. The van der Waals surface area contributed by atoms with Gasteiger partial charge in [-0.2, -0.15) is 8.78 Å². The van der Waals surface area contributed by atoms with Crippen molar-refractivity contribution >= 4 is 90.4 Å². The van der Waals surface area contributed by atoms with Gasteiger partial charge in [-0.05, 0) is 90.4 Å². The summed E-state index contributed by atoms with van der Waals surface area (Å²) in [6.07, 6.45) is -4.16. The van der Waals surface area contributed by atoms with Gasteiger partial charge in [0.2, 0.25) is 11.6 Å². The van der Waals surface area contributed by atoms with Crippen molar-refractivity contribution in [3.8, 4) is 5.75 Å². The summed E-state index contributed by atoms with van der Waals surface area (Å²) >= 11 is 2.34. The molecule has 4 rings (SSSR count). The van der Waals surface area contributed by atoms with E-state index in [1.54, 1.807) is 0 Å². The van der Waals surface area contributed by atoms with E-state index in [4.69, 9.17) is 4.74 Å². The molecular formula is C29H8F16I4O4. The Morgan fingerprint density at radius 1 is 0.415 bits per heavy atom. The fraction of sp³-hybridized carbons (Fsp3) is 0.172. The minimum Gasteiger partial charge on any atom is -0.470 e. The zero-order valence-electron chi connectivity index (χ0n) is 24.3. The van der Waals surface area contributed by atoms with Crippen molar-refractivity contribution in [2.75, 3.05) is 13.2 Å². The van der Waals surface area contributed by atoms with Crippen LogP contribution in [-0.2, 0) is 5.60 Å². The average Bonchev–Trinajstić information content (AvgIpc) is 3.13. The Bertz CT molecular complexity index is 2020. The first-order chi connectivity index (χ1) is 24.5. The Kier molecular flexibility index (Phi) is 13.1. The molecule has 0 aliphatic rings. The lowest BCUT2D eigenvalue weighted by atomic mass is 9.60. The minimum absolute atomic E-state index is 0.544. The third-order valence-corrected chi connectivity index (χ3v) is 11.6. The topological polar surface area (TPSA) is 69.9 Å². The first-order valence-corrected chi connectivity index (χ1v) is 17.4. The number of benzene rings is 4. The molecule has 1 atom stereocenters. The lowest BCUT2D eigenvalue weighted by molar-refractivity contribution is -0.169. The molecule has 0 aromatic heterocycles. The molecule has 0 saturated heterocycles. The normalized spacial score (nSPS) is 12.9. The SMILES string of the molecule is OCC(CO)(C(O)c1c(F)c(F)c(I)c(F)c1F)C(Oc1c(F)c(F)c(I)c(F)c1F)(c1c(F)c(F)c(I)c(F)c1F)c1c(F)c(F)c(I)c(F)c1F. The van der Waals surface area contributed by atoms with E-state index >= 15 is 52.7 Å². The molecule has 4 aromatic rings. The summed E-state index contributed by atoms with van der Waals surface area (Å²) < 4.78 is 245. The van der Waals surface area contributed by atoms with E-state index < -0.39 is 160 Å². The zero-order valence-corrected chi connectivity index (χ0v) is 32.9. The van der Waals surface area contributed by atoms with Crippen LogP contribution in [0.25, 0.3) is 0 Å². The van der Waals surface area contributed by atoms with Crippen LogP contribution in [0.2, 0.25) is 0 Å². The second kappa shape index (κ2) is 15.7. The van der Waals surface area contributed by atoms with E-state index in [0.717, 1.165) is 0 Å². The number of rotatable bonds is 9. The van der Waals surface area contributed by atoms with Crippen LogP contribution in [0.5, 0.6) is 5.75 Å². The molecule has 0 radical (unpaired) electrons. The van der Waals surface area contributed by atoms with E-state index in [-0.39, 0.29) is 0 Å². The summed E-state index contributed by atoms with van der Waals surface area (Å²) in [5.41, 5.74) is -18.8. The monoisotopic (exact) mass is 1230 g/mol. The molecule has 0 heterocycles. The molecule has 0 bridgehead atoms. The number of hydrogen-bond acceptors (Lipinski definition) is 4. The van der Waals surface area contributed by atoms with E-state index in [1.807, 2.05) is 0 Å². The molecule has 0 saturated carbocycles. The smallest absolute Gasteiger partial charge is 0.205 e. The van der Waals surface area contributed by atoms with Gasteiger partial charge in [0.25, 0.3) is 0 Å². The molecule has 0 amide bonds. The fourth-order valence-corrected chi connectivity index (χ4v) is 7.15. The highest BCUT2D eigenvalue weighted by Gasteiger charge is 2.67.